The van der Waals surface area contributed by atoms with E-state index in [2.05, 4.69) is 4.98 Å². The molecule has 19 heavy (non-hydrogen) atoms. The Bertz CT molecular complexity index is 595. The van der Waals surface area contributed by atoms with Crippen molar-refractivity contribution in [3.63, 3.8) is 0 Å². The lowest BCUT2D eigenvalue weighted by atomic mass is 10.2. The van der Waals surface area contributed by atoms with Crippen molar-refractivity contribution in [2.45, 2.75) is 13.3 Å². The largest absolute Gasteiger partial charge is 0.491 e. The molecule has 1 aromatic carbocycles. The number of ether oxygens (including phenoxy) is 1. The van der Waals surface area contributed by atoms with E-state index in [1.165, 1.54) is 18.2 Å². The van der Waals surface area contributed by atoms with Gasteiger partial charge >= 0.3 is 5.97 Å². The molecule has 0 spiro atoms. The van der Waals surface area contributed by atoms with E-state index >= 15 is 0 Å². The summed E-state index contributed by atoms with van der Waals surface area (Å²) in [6, 6.07) is 4.44. The molecule has 100 valence electrons. The minimum Gasteiger partial charge on any atom is -0.491 e. The first kappa shape index (κ1) is 13.4. The molecular weight excluding hydrogens is 264 g/mol. The van der Waals surface area contributed by atoms with Crippen LogP contribution in [0, 0.1) is 6.92 Å². The van der Waals surface area contributed by atoms with Crippen LogP contribution in [0.4, 0.5) is 5.69 Å². The third-order valence-corrected chi connectivity index (χ3v) is 3.69. The number of carboxylic acid groups (broad SMARTS) is 1. The number of benzene rings is 1. The van der Waals surface area contributed by atoms with Crippen molar-refractivity contribution >= 4 is 23.0 Å². The number of carbonyl (C=O) groups is 1. The van der Waals surface area contributed by atoms with Crippen LogP contribution in [0.5, 0.6) is 5.75 Å². The average molecular weight is 278 g/mol. The lowest BCUT2D eigenvalue weighted by molar-refractivity contribution is 0.0696. The van der Waals surface area contributed by atoms with Gasteiger partial charge in [-0.2, -0.15) is 0 Å². The maximum Gasteiger partial charge on any atom is 0.335 e. The highest BCUT2D eigenvalue weighted by molar-refractivity contribution is 7.09. The highest BCUT2D eigenvalue weighted by atomic mass is 32.1. The van der Waals surface area contributed by atoms with Gasteiger partial charge in [0.15, 0.2) is 0 Å². The Balaban J connectivity index is 2.01. The number of nitrogens with zero attached hydrogens (tertiary/aromatic N) is 1. The summed E-state index contributed by atoms with van der Waals surface area (Å²) in [6.45, 7) is 2.39. The van der Waals surface area contributed by atoms with E-state index in [4.69, 9.17) is 15.6 Å². The molecule has 0 aliphatic heterocycles. The zero-order chi connectivity index (χ0) is 13.8. The van der Waals surface area contributed by atoms with Crippen molar-refractivity contribution in [2.24, 2.45) is 0 Å². The summed E-state index contributed by atoms with van der Waals surface area (Å²) in [7, 11) is 0. The average Bonchev–Trinajstić information content (AvgIpc) is 2.77. The van der Waals surface area contributed by atoms with Crippen molar-refractivity contribution in [1.29, 1.82) is 0 Å². The molecule has 0 fully saturated rings. The topological polar surface area (TPSA) is 85.4 Å². The van der Waals surface area contributed by atoms with Crippen molar-refractivity contribution in [2.75, 3.05) is 12.3 Å². The zero-order valence-electron chi connectivity index (χ0n) is 10.4. The molecule has 0 saturated heterocycles. The first-order valence-corrected chi connectivity index (χ1v) is 6.60. The number of aromatic carboxylic acids is 1. The summed E-state index contributed by atoms with van der Waals surface area (Å²) in [6.07, 6.45) is 0.729. The molecule has 1 heterocycles. The molecule has 0 radical (unpaired) electrons. The van der Waals surface area contributed by atoms with Gasteiger partial charge in [-0.3, -0.25) is 0 Å². The Kier molecular flexibility index (Phi) is 4.01. The normalized spacial score (nSPS) is 10.4. The fraction of sp³-hybridized carbons (Fsp3) is 0.231. The van der Waals surface area contributed by atoms with Crippen LogP contribution in [-0.2, 0) is 6.42 Å². The Morgan fingerprint density at radius 3 is 2.95 bits per heavy atom. The van der Waals surface area contributed by atoms with Gasteiger partial charge in [0.25, 0.3) is 0 Å². The first-order valence-electron chi connectivity index (χ1n) is 5.72. The monoisotopic (exact) mass is 278 g/mol. The van der Waals surface area contributed by atoms with Gasteiger partial charge in [0.05, 0.1) is 29.1 Å². The Morgan fingerprint density at radius 1 is 1.53 bits per heavy atom. The maximum atomic E-state index is 10.9. The molecule has 0 atom stereocenters. The van der Waals surface area contributed by atoms with Crippen molar-refractivity contribution < 1.29 is 14.6 Å². The highest BCUT2D eigenvalue weighted by Gasteiger charge is 2.08. The van der Waals surface area contributed by atoms with E-state index in [0.717, 1.165) is 17.0 Å². The predicted molar refractivity (Wildman–Crippen MR) is 73.9 cm³/mol. The van der Waals surface area contributed by atoms with Crippen LogP contribution < -0.4 is 10.5 Å². The van der Waals surface area contributed by atoms with Gasteiger partial charge in [0.1, 0.15) is 5.75 Å². The van der Waals surface area contributed by atoms with Gasteiger partial charge in [-0.25, -0.2) is 9.78 Å². The summed E-state index contributed by atoms with van der Waals surface area (Å²) in [5, 5.41) is 8.91. The Labute approximate surface area is 114 Å². The van der Waals surface area contributed by atoms with Gasteiger partial charge in [-0.15, -0.1) is 11.3 Å². The van der Waals surface area contributed by atoms with E-state index < -0.39 is 5.97 Å². The fourth-order valence-electron chi connectivity index (χ4n) is 1.61. The van der Waals surface area contributed by atoms with Gasteiger partial charge < -0.3 is 15.6 Å². The van der Waals surface area contributed by atoms with Crippen LogP contribution in [0.15, 0.2) is 23.7 Å². The smallest absolute Gasteiger partial charge is 0.335 e. The summed E-state index contributed by atoms with van der Waals surface area (Å²) < 4.78 is 5.55. The van der Waals surface area contributed by atoms with Crippen molar-refractivity contribution in [1.82, 2.24) is 4.98 Å². The number of carboxylic acids is 1. The number of nitrogen functional groups attached to an aromatic ring is 1. The summed E-state index contributed by atoms with van der Waals surface area (Å²) >= 11 is 1.58. The van der Waals surface area contributed by atoms with Gasteiger partial charge in [-0.05, 0) is 25.1 Å². The quantitative estimate of drug-likeness (QED) is 0.820. The van der Waals surface area contributed by atoms with E-state index in [9.17, 15) is 4.79 Å². The highest BCUT2D eigenvalue weighted by Crippen LogP contribution is 2.23. The molecular formula is C13H14N2O3S. The van der Waals surface area contributed by atoms with Crippen LogP contribution in [-0.4, -0.2) is 22.7 Å². The molecule has 0 bridgehead atoms. The summed E-state index contributed by atoms with van der Waals surface area (Å²) in [4.78, 5) is 16.2. The standard InChI is InChI=1S/C13H14N2O3S/c1-8-12(19-7-15-8)4-5-18-11-6-9(13(16)17)2-3-10(11)14/h2-3,6-7H,4-5,14H2,1H3,(H,16,17). The van der Waals surface area contributed by atoms with Crippen molar-refractivity contribution in [3.05, 3.63) is 39.8 Å². The van der Waals surface area contributed by atoms with E-state index in [0.29, 0.717) is 18.0 Å². The summed E-state index contributed by atoms with van der Waals surface area (Å²) in [5.41, 5.74) is 9.15. The van der Waals surface area contributed by atoms with E-state index in [-0.39, 0.29) is 5.56 Å². The molecule has 1 aromatic heterocycles. The lowest BCUT2D eigenvalue weighted by Gasteiger charge is -2.09. The second-order valence-corrected chi connectivity index (χ2v) is 4.96. The van der Waals surface area contributed by atoms with Gasteiger partial charge in [0.2, 0.25) is 0 Å². The molecule has 0 saturated carbocycles. The molecule has 0 amide bonds. The van der Waals surface area contributed by atoms with Crippen LogP contribution in [0.3, 0.4) is 0 Å². The number of rotatable bonds is 5. The van der Waals surface area contributed by atoms with Crippen LogP contribution >= 0.6 is 11.3 Å². The number of hydrogen-bond acceptors (Lipinski definition) is 5. The van der Waals surface area contributed by atoms with Gasteiger partial charge in [0, 0.05) is 11.3 Å². The molecule has 2 aromatic rings. The zero-order valence-corrected chi connectivity index (χ0v) is 11.2. The minimum atomic E-state index is -0.997. The van der Waals surface area contributed by atoms with E-state index in [1.807, 2.05) is 6.92 Å². The van der Waals surface area contributed by atoms with Crippen LogP contribution in [0.25, 0.3) is 0 Å². The van der Waals surface area contributed by atoms with Crippen molar-refractivity contribution in [3.8, 4) is 5.75 Å². The predicted octanol–water partition coefficient (Wildman–Crippen LogP) is 2.35. The number of anilines is 1. The number of aryl methyl sites for hydroxylation is 1. The number of nitrogens with two attached hydrogens (primary N) is 1. The molecule has 0 aliphatic rings. The molecule has 6 heteroatoms. The number of thiazole rings is 1. The number of hydrogen-bond donors (Lipinski definition) is 2. The molecule has 2 rings (SSSR count). The second kappa shape index (κ2) is 5.71. The van der Waals surface area contributed by atoms with Crippen LogP contribution in [0.1, 0.15) is 20.9 Å². The van der Waals surface area contributed by atoms with Crippen LogP contribution in [0.2, 0.25) is 0 Å². The first-order chi connectivity index (χ1) is 9.08. The second-order valence-electron chi connectivity index (χ2n) is 4.02. The molecule has 0 unspecified atom stereocenters. The third-order valence-electron chi connectivity index (χ3n) is 2.69. The summed E-state index contributed by atoms with van der Waals surface area (Å²) in [5.74, 6) is -0.592. The molecule has 0 aliphatic carbocycles. The van der Waals surface area contributed by atoms with E-state index in [1.54, 1.807) is 16.8 Å². The number of aromatic nitrogens is 1. The maximum absolute atomic E-state index is 10.9. The molecule has 5 nitrogen and oxygen atoms in total. The minimum absolute atomic E-state index is 0.165. The third kappa shape index (κ3) is 3.23. The molecule has 3 N–H and O–H groups in total. The van der Waals surface area contributed by atoms with Gasteiger partial charge in [-0.1, -0.05) is 0 Å². The SMILES string of the molecule is Cc1ncsc1CCOc1cc(C(=O)O)ccc1N. The Hall–Kier alpha value is -2.08. The lowest BCUT2D eigenvalue weighted by Crippen LogP contribution is -2.05. The Morgan fingerprint density at radius 2 is 2.32 bits per heavy atom. The fourth-order valence-corrected chi connectivity index (χ4v) is 2.37.